The monoisotopic (exact) mass is 393 g/mol. The topological polar surface area (TPSA) is 77.7 Å². The van der Waals surface area contributed by atoms with Crippen molar-refractivity contribution in [1.29, 1.82) is 0 Å². The number of ether oxygens (including phenoxy) is 2. The lowest BCUT2D eigenvalue weighted by atomic mass is 10.2. The van der Waals surface area contributed by atoms with E-state index < -0.39 is 0 Å². The Balaban J connectivity index is 1.71. The minimum absolute atomic E-state index is 0.123. The lowest BCUT2D eigenvalue weighted by Crippen LogP contribution is -2.28. The van der Waals surface area contributed by atoms with Crippen molar-refractivity contribution in [3.63, 3.8) is 0 Å². The number of carbonyl (C=O) groups excluding carboxylic acids is 1. The van der Waals surface area contributed by atoms with E-state index in [0.717, 1.165) is 11.1 Å². The molecule has 7 heteroatoms. The van der Waals surface area contributed by atoms with Crippen molar-refractivity contribution in [2.75, 3.05) is 20.8 Å². The van der Waals surface area contributed by atoms with Gasteiger partial charge in [0.05, 0.1) is 14.2 Å². The number of rotatable bonds is 8. The summed E-state index contributed by atoms with van der Waals surface area (Å²) in [6, 6.07) is 15.0. The highest BCUT2D eigenvalue weighted by Gasteiger charge is 2.16. The van der Waals surface area contributed by atoms with Crippen LogP contribution in [0.25, 0.3) is 17.5 Å². The SMILES string of the molecule is CCN(Cc1nc(-c2ccc(OC)c(OC)c2)no1)C(=O)/C=C/c1ccccc1. The summed E-state index contributed by atoms with van der Waals surface area (Å²) >= 11 is 0. The molecule has 0 bridgehead atoms. The molecule has 0 radical (unpaired) electrons. The summed E-state index contributed by atoms with van der Waals surface area (Å²) in [6.45, 7) is 2.65. The number of benzene rings is 2. The van der Waals surface area contributed by atoms with E-state index in [1.54, 1.807) is 43.4 Å². The van der Waals surface area contributed by atoms with E-state index in [4.69, 9.17) is 14.0 Å². The highest BCUT2D eigenvalue weighted by molar-refractivity contribution is 5.91. The van der Waals surface area contributed by atoms with Crippen LogP contribution in [0.2, 0.25) is 0 Å². The average Bonchev–Trinajstić information content (AvgIpc) is 3.24. The van der Waals surface area contributed by atoms with Crippen molar-refractivity contribution in [2.45, 2.75) is 13.5 Å². The van der Waals surface area contributed by atoms with Crippen LogP contribution < -0.4 is 9.47 Å². The van der Waals surface area contributed by atoms with E-state index in [9.17, 15) is 4.79 Å². The molecule has 1 aromatic heterocycles. The lowest BCUT2D eigenvalue weighted by Gasteiger charge is -2.16. The molecule has 0 aliphatic rings. The molecular formula is C22H23N3O4. The van der Waals surface area contributed by atoms with Crippen molar-refractivity contribution in [3.8, 4) is 22.9 Å². The molecule has 3 rings (SSSR count). The first-order valence-corrected chi connectivity index (χ1v) is 9.21. The van der Waals surface area contributed by atoms with Crippen molar-refractivity contribution in [2.24, 2.45) is 0 Å². The molecule has 150 valence electrons. The molecule has 0 saturated carbocycles. The third-order valence-electron chi connectivity index (χ3n) is 4.35. The Kier molecular flexibility index (Phi) is 6.63. The zero-order chi connectivity index (χ0) is 20.6. The third-order valence-corrected chi connectivity index (χ3v) is 4.35. The van der Waals surface area contributed by atoms with E-state index in [0.29, 0.717) is 29.8 Å². The van der Waals surface area contributed by atoms with Gasteiger partial charge in [-0.1, -0.05) is 35.5 Å². The summed E-state index contributed by atoms with van der Waals surface area (Å²) in [4.78, 5) is 18.5. The second-order valence-electron chi connectivity index (χ2n) is 6.18. The maximum atomic E-state index is 12.5. The van der Waals surface area contributed by atoms with Crippen LogP contribution in [0.3, 0.4) is 0 Å². The van der Waals surface area contributed by atoms with Gasteiger partial charge in [0.1, 0.15) is 6.54 Å². The number of hydrogen-bond donors (Lipinski definition) is 0. The first-order chi connectivity index (χ1) is 14.1. The Hall–Kier alpha value is -3.61. The number of methoxy groups -OCH3 is 2. The number of nitrogens with zero attached hydrogens (tertiary/aromatic N) is 3. The Labute approximate surface area is 169 Å². The summed E-state index contributed by atoms with van der Waals surface area (Å²) in [5.41, 5.74) is 1.70. The molecule has 0 spiro atoms. The Morgan fingerprint density at radius 1 is 1.10 bits per heavy atom. The number of likely N-dealkylation sites (N-methyl/N-ethyl adjacent to an activating group) is 1. The minimum atomic E-state index is -0.123. The van der Waals surface area contributed by atoms with Crippen LogP contribution in [0.1, 0.15) is 18.4 Å². The fraction of sp³-hybridized carbons (Fsp3) is 0.227. The van der Waals surface area contributed by atoms with Crippen molar-refractivity contribution in [1.82, 2.24) is 15.0 Å². The highest BCUT2D eigenvalue weighted by atomic mass is 16.5. The zero-order valence-electron chi connectivity index (χ0n) is 16.7. The maximum absolute atomic E-state index is 12.5. The van der Waals surface area contributed by atoms with Crippen LogP contribution in [-0.4, -0.2) is 41.7 Å². The van der Waals surface area contributed by atoms with Gasteiger partial charge < -0.3 is 18.9 Å². The molecule has 1 amide bonds. The molecule has 0 aliphatic carbocycles. The van der Waals surface area contributed by atoms with Crippen molar-refractivity contribution >= 4 is 12.0 Å². The molecule has 0 fully saturated rings. The molecule has 1 heterocycles. The van der Waals surface area contributed by atoms with Gasteiger partial charge in [0.2, 0.25) is 17.6 Å². The highest BCUT2D eigenvalue weighted by Crippen LogP contribution is 2.31. The van der Waals surface area contributed by atoms with Gasteiger partial charge in [-0.25, -0.2) is 0 Å². The molecule has 7 nitrogen and oxygen atoms in total. The summed E-state index contributed by atoms with van der Waals surface area (Å²) in [7, 11) is 3.14. The summed E-state index contributed by atoms with van der Waals surface area (Å²) in [6.07, 6.45) is 3.33. The van der Waals surface area contributed by atoms with Crippen molar-refractivity contribution < 1.29 is 18.8 Å². The zero-order valence-corrected chi connectivity index (χ0v) is 16.7. The average molecular weight is 393 g/mol. The van der Waals surface area contributed by atoms with Gasteiger partial charge in [0, 0.05) is 18.2 Å². The molecule has 0 aliphatic heterocycles. The van der Waals surface area contributed by atoms with E-state index in [1.807, 2.05) is 43.3 Å². The second-order valence-corrected chi connectivity index (χ2v) is 6.18. The second kappa shape index (κ2) is 9.54. The number of carbonyl (C=O) groups is 1. The van der Waals surface area contributed by atoms with Crippen LogP contribution in [0.4, 0.5) is 0 Å². The molecule has 0 atom stereocenters. The standard InChI is InChI=1S/C22H23N3O4/c1-4-25(21(26)13-10-16-8-6-5-7-9-16)15-20-23-22(24-29-20)17-11-12-18(27-2)19(14-17)28-3/h5-14H,4,15H2,1-3H3/b13-10+. The molecular weight excluding hydrogens is 370 g/mol. The van der Waals surface area contributed by atoms with Crippen LogP contribution in [0.5, 0.6) is 11.5 Å². The fourth-order valence-electron chi connectivity index (χ4n) is 2.76. The largest absolute Gasteiger partial charge is 0.493 e. The van der Waals surface area contributed by atoms with E-state index in [-0.39, 0.29) is 12.5 Å². The molecule has 29 heavy (non-hydrogen) atoms. The Morgan fingerprint density at radius 3 is 2.55 bits per heavy atom. The van der Waals surface area contributed by atoms with Gasteiger partial charge in [-0.2, -0.15) is 4.98 Å². The molecule has 0 unspecified atom stereocenters. The summed E-state index contributed by atoms with van der Waals surface area (Å²) in [5.74, 6) is 1.85. The van der Waals surface area contributed by atoms with Gasteiger partial charge >= 0.3 is 0 Å². The van der Waals surface area contributed by atoms with Gasteiger partial charge in [0.15, 0.2) is 11.5 Å². The van der Waals surface area contributed by atoms with Crippen molar-refractivity contribution in [3.05, 3.63) is 66.1 Å². The molecule has 0 N–H and O–H groups in total. The van der Waals surface area contributed by atoms with E-state index in [2.05, 4.69) is 10.1 Å². The van der Waals surface area contributed by atoms with Gasteiger partial charge in [-0.3, -0.25) is 4.79 Å². The van der Waals surface area contributed by atoms with Crippen LogP contribution in [-0.2, 0) is 11.3 Å². The van der Waals surface area contributed by atoms with E-state index >= 15 is 0 Å². The Bertz CT molecular complexity index is 983. The van der Waals surface area contributed by atoms with Crippen LogP contribution in [0, 0.1) is 0 Å². The predicted molar refractivity (Wildman–Crippen MR) is 109 cm³/mol. The fourth-order valence-corrected chi connectivity index (χ4v) is 2.76. The van der Waals surface area contributed by atoms with Gasteiger partial charge in [-0.05, 0) is 36.8 Å². The Morgan fingerprint density at radius 2 is 1.86 bits per heavy atom. The predicted octanol–water partition coefficient (Wildman–Crippen LogP) is 3.82. The van der Waals surface area contributed by atoms with Gasteiger partial charge in [0.25, 0.3) is 0 Å². The first kappa shape index (κ1) is 20.1. The number of hydrogen-bond acceptors (Lipinski definition) is 6. The molecule has 2 aromatic carbocycles. The molecule has 3 aromatic rings. The third kappa shape index (κ3) is 5.01. The summed E-state index contributed by atoms with van der Waals surface area (Å²) < 4.78 is 15.9. The lowest BCUT2D eigenvalue weighted by molar-refractivity contribution is -0.126. The van der Waals surface area contributed by atoms with Gasteiger partial charge in [-0.15, -0.1) is 0 Å². The minimum Gasteiger partial charge on any atom is -0.493 e. The van der Waals surface area contributed by atoms with Crippen LogP contribution in [0.15, 0.2) is 59.1 Å². The first-order valence-electron chi connectivity index (χ1n) is 9.21. The maximum Gasteiger partial charge on any atom is 0.247 e. The normalized spacial score (nSPS) is 10.9. The summed E-state index contributed by atoms with van der Waals surface area (Å²) in [5, 5.41) is 4.02. The number of amides is 1. The number of aromatic nitrogens is 2. The van der Waals surface area contributed by atoms with E-state index in [1.165, 1.54) is 0 Å². The van der Waals surface area contributed by atoms with Crippen LogP contribution >= 0.6 is 0 Å². The quantitative estimate of drug-likeness (QED) is 0.542. The molecule has 0 saturated heterocycles. The smallest absolute Gasteiger partial charge is 0.247 e.